The Hall–Kier alpha value is -3.86. The lowest BCUT2D eigenvalue weighted by Gasteiger charge is -2.26. The van der Waals surface area contributed by atoms with Gasteiger partial charge in [0.1, 0.15) is 5.75 Å². The zero-order valence-corrected chi connectivity index (χ0v) is 20.1. The highest BCUT2D eigenvalue weighted by molar-refractivity contribution is 7.89. The van der Waals surface area contributed by atoms with Crippen LogP contribution in [0.15, 0.2) is 88.2 Å². The van der Waals surface area contributed by atoms with Crippen LogP contribution in [-0.4, -0.2) is 61.6 Å². The number of carbonyl (C=O) groups is 1. The summed E-state index contributed by atoms with van der Waals surface area (Å²) in [4.78, 5) is 12.8. The second kappa shape index (κ2) is 10.4. The molecule has 2 heterocycles. The lowest BCUT2D eigenvalue weighted by molar-refractivity contribution is 0.0730. The molecule has 0 aliphatic carbocycles. The van der Waals surface area contributed by atoms with E-state index in [4.69, 9.17) is 13.9 Å². The van der Waals surface area contributed by atoms with Crippen LogP contribution in [0, 0.1) is 0 Å². The summed E-state index contributed by atoms with van der Waals surface area (Å²) >= 11 is 0. The van der Waals surface area contributed by atoms with Gasteiger partial charge in [-0.25, -0.2) is 8.42 Å². The molecular formula is C26H23N3O6S. The number of sulfonamides is 1. The van der Waals surface area contributed by atoms with Crippen LogP contribution in [0.4, 0.5) is 0 Å². The minimum atomic E-state index is -3.69. The van der Waals surface area contributed by atoms with E-state index < -0.39 is 10.0 Å². The second-order valence-electron chi connectivity index (χ2n) is 8.06. The molecule has 1 aliphatic rings. The molecular weight excluding hydrogens is 482 g/mol. The molecule has 1 saturated heterocycles. The van der Waals surface area contributed by atoms with E-state index in [2.05, 4.69) is 10.2 Å². The third-order valence-corrected chi connectivity index (χ3v) is 7.58. The maximum atomic E-state index is 12.9. The predicted molar refractivity (Wildman–Crippen MR) is 131 cm³/mol. The molecule has 5 rings (SSSR count). The highest BCUT2D eigenvalue weighted by Gasteiger charge is 2.27. The van der Waals surface area contributed by atoms with Crippen LogP contribution in [0.1, 0.15) is 10.4 Å². The average Bonchev–Trinajstić information content (AvgIpc) is 3.43. The summed E-state index contributed by atoms with van der Waals surface area (Å²) in [5.41, 5.74) is 1.81. The number of rotatable bonds is 8. The van der Waals surface area contributed by atoms with Crippen molar-refractivity contribution in [2.24, 2.45) is 0 Å². The van der Waals surface area contributed by atoms with Gasteiger partial charge in [-0.1, -0.05) is 30.3 Å². The molecule has 0 bridgehead atoms. The molecule has 0 unspecified atom stereocenters. The number of benzene rings is 3. The lowest BCUT2D eigenvalue weighted by atomic mass is 10.1. The van der Waals surface area contributed by atoms with Crippen LogP contribution >= 0.6 is 0 Å². The first-order valence-electron chi connectivity index (χ1n) is 11.3. The minimum absolute atomic E-state index is 0.0778. The fourth-order valence-electron chi connectivity index (χ4n) is 3.73. The lowest BCUT2D eigenvalue weighted by Crippen LogP contribution is -2.40. The molecule has 0 atom stereocenters. The van der Waals surface area contributed by atoms with Crippen molar-refractivity contribution in [3.05, 3.63) is 84.4 Å². The van der Waals surface area contributed by atoms with Crippen molar-refractivity contribution in [1.29, 1.82) is 0 Å². The van der Waals surface area contributed by atoms with Gasteiger partial charge in [-0.2, -0.15) is 4.31 Å². The van der Waals surface area contributed by atoms with Gasteiger partial charge in [0.15, 0.2) is 12.4 Å². The molecule has 3 aromatic carbocycles. The molecule has 9 nitrogen and oxygen atoms in total. The number of Topliss-reactive ketones (excluding diaryl/α,β-unsaturated/α-hetero) is 1. The monoisotopic (exact) mass is 505 g/mol. The van der Waals surface area contributed by atoms with Crippen molar-refractivity contribution in [3.8, 4) is 28.7 Å². The molecule has 184 valence electrons. The van der Waals surface area contributed by atoms with Gasteiger partial charge in [0, 0.05) is 29.8 Å². The Balaban J connectivity index is 1.22. The minimum Gasteiger partial charge on any atom is -0.485 e. The van der Waals surface area contributed by atoms with Gasteiger partial charge in [0.2, 0.25) is 21.8 Å². The van der Waals surface area contributed by atoms with Gasteiger partial charge in [-0.3, -0.25) is 4.79 Å². The largest absolute Gasteiger partial charge is 0.485 e. The highest BCUT2D eigenvalue weighted by Crippen LogP contribution is 2.25. The van der Waals surface area contributed by atoms with Crippen molar-refractivity contribution < 1.29 is 27.1 Å². The molecule has 1 aliphatic heterocycles. The quantitative estimate of drug-likeness (QED) is 0.333. The fourth-order valence-corrected chi connectivity index (χ4v) is 5.18. The molecule has 0 saturated carbocycles. The molecule has 0 N–H and O–H groups in total. The summed E-state index contributed by atoms with van der Waals surface area (Å²) in [5.74, 6) is 0.943. The van der Waals surface area contributed by atoms with E-state index in [1.54, 1.807) is 36.4 Å². The summed E-state index contributed by atoms with van der Waals surface area (Å²) in [6.45, 7) is 1.04. The Labute approximate surface area is 208 Å². The van der Waals surface area contributed by atoms with Gasteiger partial charge in [-0.15, -0.1) is 10.2 Å². The van der Waals surface area contributed by atoms with Crippen LogP contribution in [0.5, 0.6) is 5.75 Å². The Kier molecular flexibility index (Phi) is 6.90. The van der Waals surface area contributed by atoms with E-state index in [0.29, 0.717) is 36.3 Å². The first kappa shape index (κ1) is 23.9. The number of hydrogen-bond donors (Lipinski definition) is 0. The zero-order valence-electron chi connectivity index (χ0n) is 19.2. The van der Waals surface area contributed by atoms with E-state index in [1.165, 1.54) is 16.4 Å². The number of aromatic nitrogens is 2. The van der Waals surface area contributed by atoms with Gasteiger partial charge >= 0.3 is 0 Å². The number of ether oxygens (including phenoxy) is 2. The third-order valence-electron chi connectivity index (χ3n) is 5.68. The standard InChI is InChI=1S/C26H23N3O6S/c30-24(21-7-4-8-23(17-21)36(31,32)29-13-15-33-16-14-29)18-34-22-11-9-20(10-12-22)26-28-27-25(35-26)19-5-2-1-3-6-19/h1-12,17H,13-16,18H2. The number of hydrogen-bond acceptors (Lipinski definition) is 8. The van der Waals surface area contributed by atoms with Gasteiger partial charge in [-0.05, 0) is 48.5 Å². The summed E-state index contributed by atoms with van der Waals surface area (Å²) in [6.07, 6.45) is 0. The Bertz CT molecular complexity index is 1450. The van der Waals surface area contributed by atoms with Crippen LogP contribution < -0.4 is 4.74 Å². The Morgan fingerprint density at radius 1 is 0.861 bits per heavy atom. The number of carbonyl (C=O) groups excluding carboxylic acids is 1. The zero-order chi connectivity index (χ0) is 25.0. The van der Waals surface area contributed by atoms with Crippen molar-refractivity contribution in [2.75, 3.05) is 32.9 Å². The summed E-state index contributed by atoms with van der Waals surface area (Å²) in [5, 5.41) is 8.18. The Morgan fingerprint density at radius 3 is 2.22 bits per heavy atom. The number of morpholine rings is 1. The SMILES string of the molecule is O=C(COc1ccc(-c2nnc(-c3ccccc3)o2)cc1)c1cccc(S(=O)(=O)N2CCOCC2)c1. The van der Waals surface area contributed by atoms with E-state index in [9.17, 15) is 13.2 Å². The first-order valence-corrected chi connectivity index (χ1v) is 12.8. The molecule has 10 heteroatoms. The van der Waals surface area contributed by atoms with Crippen LogP contribution in [0.2, 0.25) is 0 Å². The second-order valence-corrected chi connectivity index (χ2v) is 10.00. The highest BCUT2D eigenvalue weighted by atomic mass is 32.2. The summed E-state index contributed by atoms with van der Waals surface area (Å²) < 4.78 is 43.8. The van der Waals surface area contributed by atoms with Crippen LogP contribution in [-0.2, 0) is 14.8 Å². The smallest absolute Gasteiger partial charge is 0.248 e. The van der Waals surface area contributed by atoms with E-state index >= 15 is 0 Å². The average molecular weight is 506 g/mol. The fraction of sp³-hybridized carbons (Fsp3) is 0.192. The molecule has 4 aromatic rings. The Morgan fingerprint density at radius 2 is 1.53 bits per heavy atom. The molecule has 36 heavy (non-hydrogen) atoms. The molecule has 0 radical (unpaired) electrons. The molecule has 0 amide bonds. The molecule has 0 spiro atoms. The van der Waals surface area contributed by atoms with E-state index in [1.807, 2.05) is 30.3 Å². The maximum absolute atomic E-state index is 12.9. The molecule has 1 aromatic heterocycles. The first-order chi connectivity index (χ1) is 17.5. The maximum Gasteiger partial charge on any atom is 0.248 e. The van der Waals surface area contributed by atoms with E-state index in [-0.39, 0.29) is 35.9 Å². The van der Waals surface area contributed by atoms with E-state index in [0.717, 1.165) is 5.56 Å². The molecule has 1 fully saturated rings. The van der Waals surface area contributed by atoms with Crippen LogP contribution in [0.25, 0.3) is 22.9 Å². The van der Waals surface area contributed by atoms with Crippen LogP contribution in [0.3, 0.4) is 0 Å². The van der Waals surface area contributed by atoms with Gasteiger partial charge in [0.25, 0.3) is 0 Å². The number of nitrogens with zero attached hydrogens (tertiary/aromatic N) is 3. The predicted octanol–water partition coefficient (Wildman–Crippen LogP) is 3.69. The third kappa shape index (κ3) is 5.20. The van der Waals surface area contributed by atoms with Gasteiger partial charge in [0.05, 0.1) is 18.1 Å². The van der Waals surface area contributed by atoms with Crippen molar-refractivity contribution in [1.82, 2.24) is 14.5 Å². The normalized spacial score (nSPS) is 14.4. The summed E-state index contributed by atoms with van der Waals surface area (Å²) in [6, 6.07) is 22.4. The van der Waals surface area contributed by atoms with Crippen molar-refractivity contribution in [2.45, 2.75) is 4.90 Å². The summed E-state index contributed by atoms with van der Waals surface area (Å²) in [7, 11) is -3.69. The number of ketones is 1. The van der Waals surface area contributed by atoms with Gasteiger partial charge < -0.3 is 13.9 Å². The topological polar surface area (TPSA) is 112 Å². The van der Waals surface area contributed by atoms with Crippen molar-refractivity contribution in [3.63, 3.8) is 0 Å². The van der Waals surface area contributed by atoms with Crippen molar-refractivity contribution >= 4 is 15.8 Å².